The summed E-state index contributed by atoms with van der Waals surface area (Å²) in [4.78, 5) is 15.6. The Morgan fingerprint density at radius 1 is 1.19 bits per heavy atom. The largest absolute Gasteiger partial charge is 0.381 e. The maximum atomic E-state index is 13.7. The lowest BCUT2D eigenvalue weighted by Crippen LogP contribution is -2.42. The van der Waals surface area contributed by atoms with Crippen LogP contribution >= 0.6 is 11.6 Å². The zero-order valence-electron chi connectivity index (χ0n) is 16.5. The number of alkyl halides is 1. The summed E-state index contributed by atoms with van der Waals surface area (Å²) in [5.41, 5.74) is 0.0177. The number of carbonyl (C=O) groups excluding carboxylic acids is 1. The number of aromatic nitrogens is 1. The van der Waals surface area contributed by atoms with E-state index in [0.29, 0.717) is 34.8 Å². The monoisotopic (exact) mass is 465 g/mol. The van der Waals surface area contributed by atoms with Crippen LogP contribution in [0.15, 0.2) is 53.6 Å². The summed E-state index contributed by atoms with van der Waals surface area (Å²) in [6.07, 6.45) is 2.13. The minimum absolute atomic E-state index is 0.0405. The van der Waals surface area contributed by atoms with E-state index in [1.54, 1.807) is 30.5 Å². The first kappa shape index (κ1) is 21.6. The molecule has 31 heavy (non-hydrogen) atoms. The standard InChI is InChI=1S/C21H21ClFN3O4S/c22-17-12-24-19-16(17)5-2-6-18(19)26-31(28,29)15-4-1-3-14(11-15)25-20(27)21(13-23)7-9-30-10-8-21/h1-6,11-12,24,26H,7-10,13H2,(H,25,27). The molecular weight excluding hydrogens is 445 g/mol. The molecule has 0 unspecified atom stereocenters. The van der Waals surface area contributed by atoms with Crippen LogP contribution in [0.1, 0.15) is 12.8 Å². The smallest absolute Gasteiger partial charge is 0.262 e. The second-order valence-corrected chi connectivity index (χ2v) is 9.57. The van der Waals surface area contributed by atoms with Crippen molar-refractivity contribution >= 4 is 49.8 Å². The quantitative estimate of drug-likeness (QED) is 0.504. The van der Waals surface area contributed by atoms with E-state index in [1.165, 1.54) is 18.2 Å². The molecule has 4 rings (SSSR count). The highest BCUT2D eigenvalue weighted by molar-refractivity contribution is 7.92. The molecule has 1 amide bonds. The number of carbonyl (C=O) groups is 1. The van der Waals surface area contributed by atoms with Crippen LogP contribution in [0.3, 0.4) is 0 Å². The van der Waals surface area contributed by atoms with Gasteiger partial charge in [0.15, 0.2) is 0 Å². The van der Waals surface area contributed by atoms with E-state index in [4.69, 9.17) is 16.3 Å². The average Bonchev–Trinajstić information content (AvgIpc) is 3.16. The van der Waals surface area contributed by atoms with E-state index in [9.17, 15) is 17.6 Å². The van der Waals surface area contributed by atoms with Gasteiger partial charge in [0.05, 0.1) is 26.5 Å². The van der Waals surface area contributed by atoms with Gasteiger partial charge in [0.2, 0.25) is 5.91 Å². The van der Waals surface area contributed by atoms with E-state index < -0.39 is 28.0 Å². The van der Waals surface area contributed by atoms with Gasteiger partial charge in [-0.05, 0) is 37.1 Å². The molecule has 0 saturated carbocycles. The summed E-state index contributed by atoms with van der Waals surface area (Å²) in [6, 6.07) is 10.9. The van der Waals surface area contributed by atoms with E-state index in [2.05, 4.69) is 15.0 Å². The molecule has 164 valence electrons. The summed E-state index contributed by atoms with van der Waals surface area (Å²) >= 11 is 6.11. The Hall–Kier alpha value is -2.62. The number of ether oxygens (including phenoxy) is 1. The van der Waals surface area contributed by atoms with Crippen LogP contribution in [0.4, 0.5) is 15.8 Å². The van der Waals surface area contributed by atoms with Crippen LogP contribution in [0.5, 0.6) is 0 Å². The Balaban J connectivity index is 1.57. The molecule has 3 aromatic rings. The first-order chi connectivity index (χ1) is 14.8. The van der Waals surface area contributed by atoms with Gasteiger partial charge in [-0.15, -0.1) is 0 Å². The number of para-hydroxylation sites is 1. The van der Waals surface area contributed by atoms with Crippen molar-refractivity contribution < 1.29 is 22.3 Å². The van der Waals surface area contributed by atoms with Crippen LogP contribution < -0.4 is 10.0 Å². The normalized spacial score (nSPS) is 16.2. The van der Waals surface area contributed by atoms with Crippen LogP contribution in [0.25, 0.3) is 10.9 Å². The summed E-state index contributed by atoms with van der Waals surface area (Å²) in [5, 5.41) is 3.84. The number of aromatic amines is 1. The Morgan fingerprint density at radius 2 is 1.94 bits per heavy atom. The minimum atomic E-state index is -3.96. The molecule has 1 saturated heterocycles. The number of benzene rings is 2. The fraction of sp³-hybridized carbons (Fsp3) is 0.286. The van der Waals surface area contributed by atoms with Crippen molar-refractivity contribution in [2.75, 3.05) is 29.9 Å². The van der Waals surface area contributed by atoms with Gasteiger partial charge in [0.1, 0.15) is 6.67 Å². The molecule has 10 heteroatoms. The molecule has 0 atom stereocenters. The maximum Gasteiger partial charge on any atom is 0.262 e. The van der Waals surface area contributed by atoms with Gasteiger partial charge in [0.25, 0.3) is 10.0 Å². The van der Waals surface area contributed by atoms with Crippen LogP contribution in [-0.4, -0.2) is 39.2 Å². The molecule has 0 aliphatic carbocycles. The number of anilines is 2. The van der Waals surface area contributed by atoms with Gasteiger partial charge in [-0.3, -0.25) is 9.52 Å². The van der Waals surface area contributed by atoms with Crippen molar-refractivity contribution in [3.8, 4) is 0 Å². The third-order valence-electron chi connectivity index (χ3n) is 5.50. The minimum Gasteiger partial charge on any atom is -0.381 e. The van der Waals surface area contributed by atoms with Crippen molar-refractivity contribution in [3.05, 3.63) is 53.7 Å². The molecular formula is C21H21ClFN3O4S. The van der Waals surface area contributed by atoms with Gasteiger partial charge >= 0.3 is 0 Å². The van der Waals surface area contributed by atoms with Crippen molar-refractivity contribution in [1.82, 2.24) is 4.98 Å². The van der Waals surface area contributed by atoms with Gasteiger partial charge in [0, 0.05) is 30.5 Å². The molecule has 0 bridgehead atoms. The summed E-state index contributed by atoms with van der Waals surface area (Å²) in [5.74, 6) is -0.480. The average molecular weight is 466 g/mol. The third kappa shape index (κ3) is 4.26. The molecule has 7 nitrogen and oxygen atoms in total. The third-order valence-corrected chi connectivity index (χ3v) is 7.17. The van der Waals surface area contributed by atoms with E-state index in [-0.39, 0.29) is 23.4 Å². The predicted molar refractivity (Wildman–Crippen MR) is 118 cm³/mol. The molecule has 1 fully saturated rings. The topological polar surface area (TPSA) is 100 Å². The van der Waals surface area contributed by atoms with Gasteiger partial charge in [-0.25, -0.2) is 12.8 Å². The van der Waals surface area contributed by atoms with Crippen LogP contribution in [0.2, 0.25) is 5.02 Å². The fourth-order valence-electron chi connectivity index (χ4n) is 3.60. The highest BCUT2D eigenvalue weighted by atomic mass is 35.5. The van der Waals surface area contributed by atoms with Crippen molar-refractivity contribution in [2.45, 2.75) is 17.7 Å². The highest BCUT2D eigenvalue weighted by Crippen LogP contribution is 2.33. The molecule has 1 aromatic heterocycles. The Morgan fingerprint density at radius 3 is 2.68 bits per heavy atom. The zero-order valence-corrected chi connectivity index (χ0v) is 18.0. The summed E-state index contributed by atoms with van der Waals surface area (Å²) in [6.45, 7) is -0.182. The number of H-pyrrole nitrogens is 1. The molecule has 3 N–H and O–H groups in total. The first-order valence-electron chi connectivity index (χ1n) is 9.68. The van der Waals surface area contributed by atoms with Gasteiger partial charge in [-0.2, -0.15) is 0 Å². The SMILES string of the molecule is O=C(Nc1cccc(S(=O)(=O)Nc2cccc3c(Cl)c[nH]c23)c1)C1(CF)CCOCC1. The lowest BCUT2D eigenvalue weighted by Gasteiger charge is -2.33. The Bertz CT molecular complexity index is 1220. The second kappa shape index (κ2) is 8.49. The number of halogens is 2. The number of hydrogen-bond donors (Lipinski definition) is 3. The molecule has 0 spiro atoms. The molecule has 2 heterocycles. The van der Waals surface area contributed by atoms with E-state index >= 15 is 0 Å². The number of rotatable bonds is 6. The second-order valence-electron chi connectivity index (χ2n) is 7.48. The highest BCUT2D eigenvalue weighted by Gasteiger charge is 2.40. The Kier molecular flexibility index (Phi) is 5.92. The maximum absolute atomic E-state index is 13.7. The van der Waals surface area contributed by atoms with Crippen LogP contribution in [-0.2, 0) is 19.6 Å². The fourth-order valence-corrected chi connectivity index (χ4v) is 4.93. The molecule has 0 radical (unpaired) electrons. The van der Waals surface area contributed by atoms with Crippen molar-refractivity contribution in [3.63, 3.8) is 0 Å². The number of nitrogens with one attached hydrogen (secondary N) is 3. The lowest BCUT2D eigenvalue weighted by molar-refractivity contribution is -0.132. The predicted octanol–water partition coefficient (Wildman–Crippen LogP) is 4.33. The van der Waals surface area contributed by atoms with E-state index in [1.807, 2.05) is 0 Å². The molecule has 1 aliphatic heterocycles. The van der Waals surface area contributed by atoms with Crippen molar-refractivity contribution in [1.29, 1.82) is 0 Å². The van der Waals surface area contributed by atoms with Gasteiger partial charge in [-0.1, -0.05) is 29.8 Å². The number of hydrogen-bond acceptors (Lipinski definition) is 4. The number of amides is 1. The Labute approximate surface area is 184 Å². The van der Waals surface area contributed by atoms with Crippen LogP contribution in [0, 0.1) is 5.41 Å². The molecule has 2 aromatic carbocycles. The van der Waals surface area contributed by atoms with Crippen molar-refractivity contribution in [2.24, 2.45) is 5.41 Å². The summed E-state index contributed by atoms with van der Waals surface area (Å²) in [7, 11) is -3.96. The molecule has 1 aliphatic rings. The first-order valence-corrected chi connectivity index (χ1v) is 11.5. The number of fused-ring (bicyclic) bond motifs is 1. The van der Waals surface area contributed by atoms with Gasteiger partial charge < -0.3 is 15.0 Å². The summed E-state index contributed by atoms with van der Waals surface area (Å²) < 4.78 is 47.4. The van der Waals surface area contributed by atoms with E-state index in [0.717, 1.165) is 0 Å². The lowest BCUT2D eigenvalue weighted by atomic mass is 9.80. The number of sulfonamides is 1. The zero-order chi connectivity index (χ0) is 22.1.